The second-order valence-corrected chi connectivity index (χ2v) is 3.71. The maximum atomic E-state index is 11.4. The van der Waals surface area contributed by atoms with E-state index in [1.165, 1.54) is 0 Å². The molecular weight excluding hydrogens is 154 g/mol. The van der Waals surface area contributed by atoms with Crippen LogP contribution in [-0.4, -0.2) is 17.1 Å². The van der Waals surface area contributed by atoms with Gasteiger partial charge in [0.2, 0.25) is 5.60 Å². The van der Waals surface area contributed by atoms with E-state index in [2.05, 4.69) is 5.16 Å². The summed E-state index contributed by atoms with van der Waals surface area (Å²) in [6.45, 7) is 3.55. The molecule has 2 aliphatic rings. The Kier molecular flexibility index (Phi) is 1.50. The molecule has 1 fully saturated rings. The number of nitrogens with zero attached hydrogens (tertiary/aromatic N) is 1. The van der Waals surface area contributed by atoms with Gasteiger partial charge in [0, 0.05) is 0 Å². The van der Waals surface area contributed by atoms with Crippen molar-refractivity contribution in [2.75, 3.05) is 0 Å². The highest BCUT2D eigenvalue weighted by atomic mass is 16.7. The van der Waals surface area contributed by atoms with Gasteiger partial charge >= 0.3 is 0 Å². The van der Waals surface area contributed by atoms with Crippen LogP contribution >= 0.6 is 0 Å². The summed E-state index contributed by atoms with van der Waals surface area (Å²) in [6, 6.07) is 0. The predicted octanol–water partition coefficient (Wildman–Crippen LogP) is 1.52. The first-order valence-corrected chi connectivity index (χ1v) is 4.40. The third-order valence-corrected chi connectivity index (χ3v) is 3.06. The summed E-state index contributed by atoms with van der Waals surface area (Å²) < 4.78 is 0. The average Bonchev–Trinajstić information content (AvgIpc) is 2.53. The number of carbonyl (C=O) groups is 1. The Balaban J connectivity index is 2.33. The molecule has 0 amide bonds. The molecule has 2 atom stereocenters. The minimum absolute atomic E-state index is 0.130. The average molecular weight is 167 g/mol. The fourth-order valence-corrected chi connectivity index (χ4v) is 2.33. The van der Waals surface area contributed by atoms with Crippen molar-refractivity contribution >= 4 is 11.5 Å². The summed E-state index contributed by atoms with van der Waals surface area (Å²) in [5.74, 6) is 0.389. The Labute approximate surface area is 71.8 Å². The largest absolute Gasteiger partial charge is 0.381 e. The van der Waals surface area contributed by atoms with Crippen LogP contribution in [0.15, 0.2) is 5.16 Å². The topological polar surface area (TPSA) is 38.7 Å². The predicted molar refractivity (Wildman–Crippen MR) is 44.9 cm³/mol. The van der Waals surface area contributed by atoms with Gasteiger partial charge in [-0.25, -0.2) is 0 Å². The lowest BCUT2D eigenvalue weighted by molar-refractivity contribution is -0.141. The lowest BCUT2D eigenvalue weighted by Gasteiger charge is -2.22. The van der Waals surface area contributed by atoms with E-state index in [-0.39, 0.29) is 11.7 Å². The molecule has 1 aliphatic heterocycles. The molecule has 66 valence electrons. The van der Waals surface area contributed by atoms with E-state index in [0.717, 1.165) is 25.0 Å². The second kappa shape index (κ2) is 2.31. The third-order valence-electron chi connectivity index (χ3n) is 3.06. The molecule has 3 heteroatoms. The molecule has 1 aliphatic carbocycles. The summed E-state index contributed by atoms with van der Waals surface area (Å²) in [7, 11) is 0. The zero-order valence-electron chi connectivity index (χ0n) is 7.46. The van der Waals surface area contributed by atoms with Crippen molar-refractivity contribution < 1.29 is 9.63 Å². The van der Waals surface area contributed by atoms with Crippen molar-refractivity contribution in [2.45, 2.75) is 38.7 Å². The third kappa shape index (κ3) is 0.765. The van der Waals surface area contributed by atoms with Crippen molar-refractivity contribution in [3.8, 4) is 0 Å². The summed E-state index contributed by atoms with van der Waals surface area (Å²) in [6.07, 6.45) is 2.97. The molecule has 0 aromatic rings. The molecule has 2 unspecified atom stereocenters. The number of fused-ring (bicyclic) bond motifs is 1. The van der Waals surface area contributed by atoms with E-state index in [1.54, 1.807) is 6.92 Å². The molecule has 1 heterocycles. The maximum absolute atomic E-state index is 11.4. The summed E-state index contributed by atoms with van der Waals surface area (Å²) >= 11 is 0. The van der Waals surface area contributed by atoms with Crippen LogP contribution in [0, 0.1) is 5.92 Å². The molecule has 2 rings (SSSR count). The van der Waals surface area contributed by atoms with Gasteiger partial charge in [-0.3, -0.25) is 4.79 Å². The van der Waals surface area contributed by atoms with Crippen LogP contribution in [0.1, 0.15) is 33.1 Å². The van der Waals surface area contributed by atoms with Crippen LogP contribution < -0.4 is 0 Å². The van der Waals surface area contributed by atoms with Gasteiger partial charge in [-0.1, -0.05) is 5.16 Å². The Morgan fingerprint density at radius 2 is 2.50 bits per heavy atom. The second-order valence-electron chi connectivity index (χ2n) is 3.71. The van der Waals surface area contributed by atoms with Crippen molar-refractivity contribution in [1.29, 1.82) is 0 Å². The van der Waals surface area contributed by atoms with Gasteiger partial charge in [-0.15, -0.1) is 0 Å². The first-order chi connectivity index (χ1) is 5.67. The van der Waals surface area contributed by atoms with Crippen molar-refractivity contribution in [3.63, 3.8) is 0 Å². The van der Waals surface area contributed by atoms with Crippen LogP contribution in [-0.2, 0) is 9.63 Å². The Hall–Kier alpha value is -0.860. The van der Waals surface area contributed by atoms with Gasteiger partial charge < -0.3 is 4.84 Å². The lowest BCUT2D eigenvalue weighted by atomic mass is 9.85. The SMILES string of the molecule is CC(=O)C12CCCC1C(C)=NO2. The monoisotopic (exact) mass is 167 g/mol. The number of hydrogen-bond donors (Lipinski definition) is 0. The summed E-state index contributed by atoms with van der Waals surface area (Å²) in [5.41, 5.74) is 0.423. The van der Waals surface area contributed by atoms with Gasteiger partial charge in [0.05, 0.1) is 11.6 Å². The number of oxime groups is 1. The number of hydrogen-bond acceptors (Lipinski definition) is 3. The summed E-state index contributed by atoms with van der Waals surface area (Å²) in [5, 5.41) is 3.91. The summed E-state index contributed by atoms with van der Waals surface area (Å²) in [4.78, 5) is 16.7. The lowest BCUT2D eigenvalue weighted by Crippen LogP contribution is -2.40. The van der Waals surface area contributed by atoms with Gasteiger partial charge in [0.15, 0.2) is 5.78 Å². The highest BCUT2D eigenvalue weighted by Crippen LogP contribution is 2.44. The molecule has 12 heavy (non-hydrogen) atoms. The minimum atomic E-state index is -0.565. The molecule has 0 aromatic heterocycles. The Morgan fingerprint density at radius 3 is 3.08 bits per heavy atom. The first kappa shape index (κ1) is 7.77. The normalized spacial score (nSPS) is 38.8. The Bertz CT molecular complexity index is 259. The van der Waals surface area contributed by atoms with Crippen LogP contribution in [0.25, 0.3) is 0 Å². The standard InChI is InChI=1S/C9H13NO2/c1-6-8-4-3-5-9(8,7(2)11)12-10-6/h8H,3-5H2,1-2H3. The van der Waals surface area contributed by atoms with Crippen LogP contribution in [0.5, 0.6) is 0 Å². The zero-order valence-corrected chi connectivity index (χ0v) is 7.46. The van der Waals surface area contributed by atoms with Crippen molar-refractivity contribution in [2.24, 2.45) is 11.1 Å². The molecular formula is C9H13NO2. The smallest absolute Gasteiger partial charge is 0.202 e. The van der Waals surface area contributed by atoms with Gasteiger partial charge in [0.1, 0.15) is 0 Å². The number of Topliss-reactive ketones (excluding diaryl/α,β-unsaturated/α-hetero) is 1. The number of ketones is 1. The van der Waals surface area contributed by atoms with Gasteiger partial charge in [-0.05, 0) is 33.1 Å². The zero-order chi connectivity index (χ0) is 8.77. The quantitative estimate of drug-likeness (QED) is 0.594. The van der Waals surface area contributed by atoms with Crippen molar-refractivity contribution in [1.82, 2.24) is 0 Å². The van der Waals surface area contributed by atoms with Crippen LogP contribution in [0.2, 0.25) is 0 Å². The molecule has 1 saturated carbocycles. The highest BCUT2D eigenvalue weighted by Gasteiger charge is 2.54. The van der Waals surface area contributed by atoms with Crippen LogP contribution in [0.3, 0.4) is 0 Å². The van der Waals surface area contributed by atoms with E-state index >= 15 is 0 Å². The fraction of sp³-hybridized carbons (Fsp3) is 0.778. The van der Waals surface area contributed by atoms with E-state index < -0.39 is 5.60 Å². The van der Waals surface area contributed by atoms with E-state index in [4.69, 9.17) is 4.84 Å². The van der Waals surface area contributed by atoms with Gasteiger partial charge in [0.25, 0.3) is 0 Å². The van der Waals surface area contributed by atoms with E-state index in [1.807, 2.05) is 6.92 Å². The molecule has 0 radical (unpaired) electrons. The molecule has 0 aromatic carbocycles. The number of rotatable bonds is 1. The van der Waals surface area contributed by atoms with Crippen molar-refractivity contribution in [3.05, 3.63) is 0 Å². The molecule has 0 N–H and O–H groups in total. The van der Waals surface area contributed by atoms with E-state index in [0.29, 0.717) is 0 Å². The Morgan fingerprint density at radius 1 is 1.75 bits per heavy atom. The molecule has 3 nitrogen and oxygen atoms in total. The van der Waals surface area contributed by atoms with Crippen LogP contribution in [0.4, 0.5) is 0 Å². The first-order valence-electron chi connectivity index (χ1n) is 4.40. The maximum Gasteiger partial charge on any atom is 0.202 e. The fourth-order valence-electron chi connectivity index (χ4n) is 2.33. The highest BCUT2D eigenvalue weighted by molar-refractivity contribution is 5.97. The minimum Gasteiger partial charge on any atom is -0.381 e. The van der Waals surface area contributed by atoms with E-state index in [9.17, 15) is 4.79 Å². The molecule has 0 saturated heterocycles. The number of carbonyl (C=O) groups excluding carboxylic acids is 1. The van der Waals surface area contributed by atoms with Gasteiger partial charge in [-0.2, -0.15) is 0 Å². The molecule has 0 spiro atoms. The molecule has 0 bridgehead atoms.